The Labute approximate surface area is 122 Å². The van der Waals surface area contributed by atoms with Crippen molar-refractivity contribution in [1.82, 2.24) is 4.90 Å². The summed E-state index contributed by atoms with van der Waals surface area (Å²) in [7, 11) is 0. The molecular weight excluding hydrogens is 270 g/mol. The maximum Gasteiger partial charge on any atom is 0.232 e. The number of hydrogen-bond donors (Lipinski definition) is 1. The van der Waals surface area contributed by atoms with E-state index in [2.05, 4.69) is 5.32 Å². The van der Waals surface area contributed by atoms with Gasteiger partial charge in [-0.2, -0.15) is 5.26 Å². The van der Waals surface area contributed by atoms with Crippen LogP contribution in [0.2, 0.25) is 0 Å². The second kappa shape index (κ2) is 6.18. The van der Waals surface area contributed by atoms with Crippen molar-refractivity contribution in [2.24, 2.45) is 5.92 Å². The normalized spacial score (nSPS) is 17.7. The van der Waals surface area contributed by atoms with Crippen LogP contribution in [0.15, 0.2) is 24.3 Å². The summed E-state index contributed by atoms with van der Waals surface area (Å²) >= 11 is 0. The Balaban J connectivity index is 1.86. The monoisotopic (exact) mass is 285 g/mol. The molecule has 0 spiro atoms. The standard InChI is InChI=1S/C15H15N3O3/c1-10-8-14(20)18(15(10)21)7-6-13(19)17-12-4-2-11(9-16)3-5-12/h2-5,10H,6-8H2,1H3,(H,17,19). The fraction of sp³-hybridized carbons (Fsp3) is 0.333. The highest BCUT2D eigenvalue weighted by atomic mass is 16.2. The van der Waals surface area contributed by atoms with Crippen molar-refractivity contribution in [2.75, 3.05) is 11.9 Å². The highest BCUT2D eigenvalue weighted by Gasteiger charge is 2.35. The second-order valence-corrected chi connectivity index (χ2v) is 4.98. The Bertz CT molecular complexity index is 616. The van der Waals surface area contributed by atoms with E-state index in [-0.39, 0.29) is 43.0 Å². The predicted molar refractivity (Wildman–Crippen MR) is 74.9 cm³/mol. The average Bonchev–Trinajstić information content (AvgIpc) is 2.71. The molecule has 108 valence electrons. The molecule has 1 aromatic rings. The molecular formula is C15H15N3O3. The van der Waals surface area contributed by atoms with Gasteiger partial charge in [-0.3, -0.25) is 19.3 Å². The quantitative estimate of drug-likeness (QED) is 0.844. The zero-order valence-corrected chi connectivity index (χ0v) is 11.6. The number of nitriles is 1. The van der Waals surface area contributed by atoms with Crippen LogP contribution >= 0.6 is 0 Å². The van der Waals surface area contributed by atoms with Crippen molar-refractivity contribution in [3.8, 4) is 6.07 Å². The summed E-state index contributed by atoms with van der Waals surface area (Å²) in [5.74, 6) is -1.01. The summed E-state index contributed by atoms with van der Waals surface area (Å²) in [6, 6.07) is 8.45. The number of carbonyl (C=O) groups excluding carboxylic acids is 3. The van der Waals surface area contributed by atoms with Crippen molar-refractivity contribution in [1.29, 1.82) is 5.26 Å². The predicted octanol–water partition coefficient (Wildman–Crippen LogP) is 1.28. The van der Waals surface area contributed by atoms with Crippen LogP contribution in [0.4, 0.5) is 5.69 Å². The van der Waals surface area contributed by atoms with Crippen molar-refractivity contribution in [2.45, 2.75) is 19.8 Å². The molecule has 0 bridgehead atoms. The number of anilines is 1. The van der Waals surface area contributed by atoms with Crippen LogP contribution < -0.4 is 5.32 Å². The Kier molecular flexibility index (Phi) is 4.33. The van der Waals surface area contributed by atoms with Crippen molar-refractivity contribution in [3.05, 3.63) is 29.8 Å². The van der Waals surface area contributed by atoms with E-state index in [0.29, 0.717) is 11.3 Å². The summed E-state index contributed by atoms with van der Waals surface area (Å²) in [5, 5.41) is 11.3. The Morgan fingerprint density at radius 1 is 1.38 bits per heavy atom. The van der Waals surface area contributed by atoms with E-state index in [1.165, 1.54) is 0 Å². The molecule has 1 fully saturated rings. The summed E-state index contributed by atoms with van der Waals surface area (Å²) in [6.45, 7) is 1.81. The SMILES string of the molecule is CC1CC(=O)N(CCC(=O)Nc2ccc(C#N)cc2)C1=O. The number of carbonyl (C=O) groups is 3. The van der Waals surface area contributed by atoms with Gasteiger partial charge in [-0.1, -0.05) is 6.92 Å². The number of hydrogen-bond acceptors (Lipinski definition) is 4. The zero-order valence-electron chi connectivity index (χ0n) is 11.6. The smallest absolute Gasteiger partial charge is 0.232 e. The van der Waals surface area contributed by atoms with Crippen LogP contribution in [0.25, 0.3) is 0 Å². The number of nitrogens with zero attached hydrogens (tertiary/aromatic N) is 2. The van der Waals surface area contributed by atoms with Gasteiger partial charge in [0.2, 0.25) is 17.7 Å². The highest BCUT2D eigenvalue weighted by Crippen LogP contribution is 2.19. The highest BCUT2D eigenvalue weighted by molar-refractivity contribution is 6.03. The fourth-order valence-corrected chi connectivity index (χ4v) is 2.15. The molecule has 1 aliphatic rings. The molecule has 2 rings (SSSR count). The van der Waals surface area contributed by atoms with Gasteiger partial charge in [-0.15, -0.1) is 0 Å². The first-order valence-electron chi connectivity index (χ1n) is 6.65. The minimum atomic E-state index is -0.293. The molecule has 1 saturated heterocycles. The number of rotatable bonds is 4. The number of imide groups is 1. The molecule has 6 heteroatoms. The first-order chi connectivity index (χ1) is 10.0. The summed E-state index contributed by atoms with van der Waals surface area (Å²) in [5.41, 5.74) is 1.08. The van der Waals surface area contributed by atoms with Crippen LogP contribution in [-0.4, -0.2) is 29.2 Å². The minimum absolute atomic E-state index is 0.0597. The maximum absolute atomic E-state index is 11.8. The molecule has 1 aliphatic heterocycles. The van der Waals surface area contributed by atoms with Crippen LogP contribution in [0.5, 0.6) is 0 Å². The number of likely N-dealkylation sites (tertiary alicyclic amines) is 1. The zero-order chi connectivity index (χ0) is 15.4. The second-order valence-electron chi connectivity index (χ2n) is 4.98. The van der Waals surface area contributed by atoms with Gasteiger partial charge in [0, 0.05) is 31.0 Å². The summed E-state index contributed by atoms with van der Waals surface area (Å²) in [4.78, 5) is 36.2. The lowest BCUT2D eigenvalue weighted by Gasteiger charge is -2.14. The molecule has 0 saturated carbocycles. The first-order valence-corrected chi connectivity index (χ1v) is 6.65. The third-order valence-electron chi connectivity index (χ3n) is 3.33. The van der Waals surface area contributed by atoms with E-state index in [0.717, 1.165) is 4.90 Å². The topological polar surface area (TPSA) is 90.3 Å². The molecule has 0 aromatic heterocycles. The largest absolute Gasteiger partial charge is 0.326 e. The van der Waals surface area contributed by atoms with Gasteiger partial charge in [0.1, 0.15) is 0 Å². The van der Waals surface area contributed by atoms with Gasteiger partial charge in [-0.05, 0) is 24.3 Å². The molecule has 1 aromatic carbocycles. The van der Waals surface area contributed by atoms with Gasteiger partial charge in [0.05, 0.1) is 11.6 Å². The third kappa shape index (κ3) is 3.45. The lowest BCUT2D eigenvalue weighted by Crippen LogP contribution is -2.33. The van der Waals surface area contributed by atoms with Crippen LogP contribution in [0.3, 0.4) is 0 Å². The Hall–Kier alpha value is -2.68. The van der Waals surface area contributed by atoms with Gasteiger partial charge >= 0.3 is 0 Å². The van der Waals surface area contributed by atoms with E-state index in [4.69, 9.17) is 5.26 Å². The van der Waals surface area contributed by atoms with Gasteiger partial charge < -0.3 is 5.32 Å². The van der Waals surface area contributed by atoms with Gasteiger partial charge in [0.25, 0.3) is 0 Å². The van der Waals surface area contributed by atoms with Crippen LogP contribution in [-0.2, 0) is 14.4 Å². The van der Waals surface area contributed by atoms with Gasteiger partial charge in [0.15, 0.2) is 0 Å². The number of nitrogens with one attached hydrogen (secondary N) is 1. The molecule has 1 atom stereocenters. The lowest BCUT2D eigenvalue weighted by atomic mass is 10.1. The van der Waals surface area contributed by atoms with E-state index < -0.39 is 0 Å². The number of benzene rings is 1. The molecule has 0 aliphatic carbocycles. The minimum Gasteiger partial charge on any atom is -0.326 e. The lowest BCUT2D eigenvalue weighted by molar-refractivity contribution is -0.139. The molecule has 0 radical (unpaired) electrons. The molecule has 21 heavy (non-hydrogen) atoms. The molecule has 1 heterocycles. The molecule has 1 unspecified atom stereocenters. The third-order valence-corrected chi connectivity index (χ3v) is 3.33. The molecule has 3 amide bonds. The Morgan fingerprint density at radius 2 is 2.05 bits per heavy atom. The van der Waals surface area contributed by atoms with E-state index in [9.17, 15) is 14.4 Å². The maximum atomic E-state index is 11.8. The average molecular weight is 285 g/mol. The van der Waals surface area contributed by atoms with Crippen molar-refractivity contribution < 1.29 is 14.4 Å². The van der Waals surface area contributed by atoms with E-state index >= 15 is 0 Å². The van der Waals surface area contributed by atoms with Crippen LogP contribution in [0.1, 0.15) is 25.3 Å². The van der Waals surface area contributed by atoms with Crippen LogP contribution in [0, 0.1) is 17.2 Å². The Morgan fingerprint density at radius 3 is 2.57 bits per heavy atom. The van der Waals surface area contributed by atoms with Gasteiger partial charge in [-0.25, -0.2) is 0 Å². The molecule has 6 nitrogen and oxygen atoms in total. The van der Waals surface area contributed by atoms with Crippen molar-refractivity contribution >= 4 is 23.4 Å². The van der Waals surface area contributed by atoms with E-state index in [1.54, 1.807) is 31.2 Å². The molecule has 1 N–H and O–H groups in total. The van der Waals surface area contributed by atoms with Crippen molar-refractivity contribution in [3.63, 3.8) is 0 Å². The van der Waals surface area contributed by atoms with E-state index in [1.807, 2.05) is 6.07 Å². The fourth-order valence-electron chi connectivity index (χ4n) is 2.15. The summed E-state index contributed by atoms with van der Waals surface area (Å²) in [6.07, 6.45) is 0.278. The number of amides is 3. The summed E-state index contributed by atoms with van der Waals surface area (Å²) < 4.78 is 0. The first kappa shape index (κ1) is 14.7.